The highest BCUT2D eigenvalue weighted by Crippen LogP contribution is 2.22. The summed E-state index contributed by atoms with van der Waals surface area (Å²) >= 11 is 3.05. The van der Waals surface area contributed by atoms with Gasteiger partial charge in [0.1, 0.15) is 11.4 Å². The fraction of sp³-hybridized carbons (Fsp3) is 0.364. The minimum atomic E-state index is -0.985. The summed E-state index contributed by atoms with van der Waals surface area (Å²) in [6.45, 7) is 0.693. The van der Waals surface area contributed by atoms with E-state index in [1.165, 1.54) is 18.2 Å². The van der Waals surface area contributed by atoms with Crippen LogP contribution in [0.5, 0.6) is 0 Å². The zero-order valence-electron chi connectivity index (χ0n) is 9.00. The molecule has 1 amide bonds. The largest absolute Gasteiger partial charge is 0.379 e. The fourth-order valence-corrected chi connectivity index (χ4v) is 1.97. The first-order chi connectivity index (χ1) is 8.01. The van der Waals surface area contributed by atoms with E-state index >= 15 is 0 Å². The van der Waals surface area contributed by atoms with Crippen molar-refractivity contribution in [1.82, 2.24) is 0 Å². The smallest absolute Gasteiger partial charge is 0.246 e. The van der Waals surface area contributed by atoms with Crippen molar-refractivity contribution in [2.24, 2.45) is 5.73 Å². The summed E-state index contributed by atoms with van der Waals surface area (Å²) in [6, 6.07) is 4.25. The Hall–Kier alpha value is -0.980. The number of rotatable bonds is 2. The SMILES string of the molecule is NC1(C(=O)Nc2ccc(F)c(Br)c2)CCOC1. The Bertz CT molecular complexity index is 447. The highest BCUT2D eigenvalue weighted by molar-refractivity contribution is 9.10. The summed E-state index contributed by atoms with van der Waals surface area (Å²) in [7, 11) is 0. The molecule has 6 heteroatoms. The van der Waals surface area contributed by atoms with Gasteiger partial charge in [0.25, 0.3) is 0 Å². The normalized spacial score (nSPS) is 23.7. The highest BCUT2D eigenvalue weighted by Gasteiger charge is 2.38. The molecule has 3 N–H and O–H groups in total. The molecule has 0 spiro atoms. The number of hydrogen-bond acceptors (Lipinski definition) is 3. The third-order valence-corrected chi connectivity index (χ3v) is 3.29. The van der Waals surface area contributed by atoms with E-state index in [0.717, 1.165) is 0 Å². The van der Waals surface area contributed by atoms with E-state index < -0.39 is 5.54 Å². The fourth-order valence-electron chi connectivity index (χ4n) is 1.59. The van der Waals surface area contributed by atoms with Crippen LogP contribution in [0.1, 0.15) is 6.42 Å². The Morgan fingerprint density at radius 1 is 1.59 bits per heavy atom. The molecule has 0 bridgehead atoms. The van der Waals surface area contributed by atoms with E-state index in [0.29, 0.717) is 23.2 Å². The maximum atomic E-state index is 13.0. The molecule has 0 aromatic heterocycles. The van der Waals surface area contributed by atoms with Crippen molar-refractivity contribution in [1.29, 1.82) is 0 Å². The first-order valence-electron chi connectivity index (χ1n) is 5.14. The number of anilines is 1. The van der Waals surface area contributed by atoms with Gasteiger partial charge in [-0.2, -0.15) is 0 Å². The Kier molecular flexibility index (Phi) is 3.46. The van der Waals surface area contributed by atoms with Crippen LogP contribution >= 0.6 is 15.9 Å². The molecule has 1 heterocycles. The van der Waals surface area contributed by atoms with Crippen LogP contribution in [0.4, 0.5) is 10.1 Å². The number of halogens is 2. The van der Waals surface area contributed by atoms with Crippen molar-refractivity contribution < 1.29 is 13.9 Å². The first-order valence-corrected chi connectivity index (χ1v) is 5.94. The Morgan fingerprint density at radius 3 is 2.94 bits per heavy atom. The predicted molar refractivity (Wildman–Crippen MR) is 65.1 cm³/mol. The van der Waals surface area contributed by atoms with Crippen LogP contribution in [0.3, 0.4) is 0 Å². The third kappa shape index (κ3) is 2.65. The highest BCUT2D eigenvalue weighted by atomic mass is 79.9. The van der Waals surface area contributed by atoms with Crippen LogP contribution < -0.4 is 11.1 Å². The topological polar surface area (TPSA) is 64.4 Å². The van der Waals surface area contributed by atoms with Gasteiger partial charge in [-0.05, 0) is 40.5 Å². The van der Waals surface area contributed by atoms with Crippen molar-refractivity contribution in [2.75, 3.05) is 18.5 Å². The molecule has 1 unspecified atom stereocenters. The Balaban J connectivity index is 2.10. The second-order valence-electron chi connectivity index (χ2n) is 4.04. The minimum absolute atomic E-state index is 0.210. The summed E-state index contributed by atoms with van der Waals surface area (Å²) in [5.41, 5.74) is 5.41. The monoisotopic (exact) mass is 302 g/mol. The molecule has 4 nitrogen and oxygen atoms in total. The molecule has 1 aliphatic heterocycles. The molecule has 0 radical (unpaired) electrons. The van der Waals surface area contributed by atoms with Crippen LogP contribution in [-0.4, -0.2) is 24.7 Å². The van der Waals surface area contributed by atoms with Crippen LogP contribution in [0, 0.1) is 5.82 Å². The van der Waals surface area contributed by atoms with E-state index in [1.807, 2.05) is 0 Å². The molecule has 1 aromatic carbocycles. The number of amides is 1. The lowest BCUT2D eigenvalue weighted by atomic mass is 9.99. The lowest BCUT2D eigenvalue weighted by Gasteiger charge is -2.20. The zero-order valence-corrected chi connectivity index (χ0v) is 10.6. The summed E-state index contributed by atoms with van der Waals surface area (Å²) in [6.07, 6.45) is 0.487. The van der Waals surface area contributed by atoms with Crippen molar-refractivity contribution in [3.8, 4) is 0 Å². The van der Waals surface area contributed by atoms with Gasteiger partial charge in [0.15, 0.2) is 0 Å². The second-order valence-corrected chi connectivity index (χ2v) is 4.90. The number of hydrogen-bond donors (Lipinski definition) is 2. The summed E-state index contributed by atoms with van der Waals surface area (Å²) in [4.78, 5) is 11.9. The molecule has 1 saturated heterocycles. The van der Waals surface area contributed by atoms with Crippen LogP contribution in [0.15, 0.2) is 22.7 Å². The van der Waals surface area contributed by atoms with Gasteiger partial charge >= 0.3 is 0 Å². The summed E-state index contributed by atoms with van der Waals surface area (Å²) in [5.74, 6) is -0.692. The lowest BCUT2D eigenvalue weighted by molar-refractivity contribution is -0.121. The van der Waals surface area contributed by atoms with Gasteiger partial charge in [0.2, 0.25) is 5.91 Å². The molecule has 17 heavy (non-hydrogen) atoms. The minimum Gasteiger partial charge on any atom is -0.379 e. The van der Waals surface area contributed by atoms with Gasteiger partial charge in [0.05, 0.1) is 11.1 Å². The zero-order chi connectivity index (χ0) is 12.5. The average molecular weight is 303 g/mol. The molecule has 1 aromatic rings. The number of benzene rings is 1. The maximum absolute atomic E-state index is 13.0. The predicted octanol–water partition coefficient (Wildman–Crippen LogP) is 1.64. The van der Waals surface area contributed by atoms with Crippen molar-refractivity contribution in [2.45, 2.75) is 12.0 Å². The Morgan fingerprint density at radius 2 is 2.35 bits per heavy atom. The molecule has 92 valence electrons. The van der Waals surface area contributed by atoms with Crippen LogP contribution in [0.25, 0.3) is 0 Å². The number of carbonyl (C=O) groups excluding carboxylic acids is 1. The molecular formula is C11H12BrFN2O2. The van der Waals surface area contributed by atoms with E-state index in [-0.39, 0.29) is 18.3 Å². The summed E-state index contributed by atoms with van der Waals surface area (Å²) in [5, 5.41) is 2.65. The van der Waals surface area contributed by atoms with E-state index in [4.69, 9.17) is 10.5 Å². The quantitative estimate of drug-likeness (QED) is 0.873. The molecule has 1 fully saturated rings. The lowest BCUT2D eigenvalue weighted by Crippen LogP contribution is -2.51. The molecule has 1 atom stereocenters. The first kappa shape index (κ1) is 12.5. The van der Waals surface area contributed by atoms with Crippen LogP contribution in [0.2, 0.25) is 0 Å². The van der Waals surface area contributed by atoms with Crippen LogP contribution in [-0.2, 0) is 9.53 Å². The standard InChI is InChI=1S/C11H12BrFN2O2/c12-8-5-7(1-2-9(8)13)15-10(16)11(14)3-4-17-6-11/h1-2,5H,3-4,6,14H2,(H,15,16). The van der Waals surface area contributed by atoms with E-state index in [2.05, 4.69) is 21.2 Å². The molecule has 0 saturated carbocycles. The number of carbonyl (C=O) groups is 1. The molecular weight excluding hydrogens is 291 g/mol. The summed E-state index contributed by atoms with van der Waals surface area (Å²) < 4.78 is 18.4. The van der Waals surface area contributed by atoms with Gasteiger partial charge < -0.3 is 15.8 Å². The second kappa shape index (κ2) is 4.72. The average Bonchev–Trinajstić information content (AvgIpc) is 2.72. The number of nitrogens with one attached hydrogen (secondary N) is 1. The number of nitrogens with two attached hydrogens (primary N) is 1. The van der Waals surface area contributed by atoms with E-state index in [1.54, 1.807) is 0 Å². The molecule has 0 aliphatic carbocycles. The van der Waals surface area contributed by atoms with Gasteiger partial charge in [-0.1, -0.05) is 0 Å². The van der Waals surface area contributed by atoms with Gasteiger partial charge in [-0.25, -0.2) is 4.39 Å². The van der Waals surface area contributed by atoms with E-state index in [9.17, 15) is 9.18 Å². The molecule has 1 aliphatic rings. The van der Waals surface area contributed by atoms with Gasteiger partial charge in [-0.15, -0.1) is 0 Å². The Labute approximate surface area is 106 Å². The van der Waals surface area contributed by atoms with Crippen molar-refractivity contribution >= 4 is 27.5 Å². The van der Waals surface area contributed by atoms with Gasteiger partial charge in [-0.3, -0.25) is 4.79 Å². The van der Waals surface area contributed by atoms with Gasteiger partial charge in [0, 0.05) is 12.3 Å². The third-order valence-electron chi connectivity index (χ3n) is 2.68. The number of ether oxygens (including phenoxy) is 1. The maximum Gasteiger partial charge on any atom is 0.246 e. The van der Waals surface area contributed by atoms with Crippen molar-refractivity contribution in [3.63, 3.8) is 0 Å². The van der Waals surface area contributed by atoms with Crippen molar-refractivity contribution in [3.05, 3.63) is 28.5 Å². The molecule has 2 rings (SSSR count).